The molecule has 7 heteroatoms. The number of benzene rings is 2. The SMILES string of the molecule is CC(C)Oc1ccc(C2=C(SCCO)C(=O)N(Cc3ccccc3F)C2=O)cc1. The number of aliphatic hydroxyl groups excluding tert-OH is 1. The Morgan fingerprint density at radius 2 is 1.76 bits per heavy atom. The molecule has 0 spiro atoms. The van der Waals surface area contributed by atoms with Crippen molar-refractivity contribution in [1.82, 2.24) is 4.90 Å². The van der Waals surface area contributed by atoms with Gasteiger partial charge in [0.05, 0.1) is 29.7 Å². The van der Waals surface area contributed by atoms with E-state index in [1.165, 1.54) is 6.07 Å². The number of thioether (sulfide) groups is 1. The van der Waals surface area contributed by atoms with E-state index in [2.05, 4.69) is 0 Å². The minimum Gasteiger partial charge on any atom is -0.491 e. The van der Waals surface area contributed by atoms with Gasteiger partial charge < -0.3 is 9.84 Å². The molecule has 1 heterocycles. The number of halogens is 1. The molecule has 2 aromatic rings. The van der Waals surface area contributed by atoms with E-state index in [4.69, 9.17) is 4.74 Å². The van der Waals surface area contributed by atoms with Crippen molar-refractivity contribution >= 4 is 29.1 Å². The maximum Gasteiger partial charge on any atom is 0.268 e. The second-order valence-corrected chi connectivity index (χ2v) is 7.86. The van der Waals surface area contributed by atoms with Crippen molar-refractivity contribution in [3.63, 3.8) is 0 Å². The lowest BCUT2D eigenvalue weighted by atomic mass is 10.1. The van der Waals surface area contributed by atoms with Crippen LogP contribution in [0.25, 0.3) is 5.57 Å². The van der Waals surface area contributed by atoms with Crippen LogP contribution in [0.15, 0.2) is 53.4 Å². The Morgan fingerprint density at radius 3 is 2.38 bits per heavy atom. The lowest BCUT2D eigenvalue weighted by Gasteiger charge is -2.15. The second kappa shape index (κ2) is 9.24. The van der Waals surface area contributed by atoms with Crippen LogP contribution in [-0.4, -0.2) is 40.3 Å². The van der Waals surface area contributed by atoms with Crippen LogP contribution in [0.3, 0.4) is 0 Å². The van der Waals surface area contributed by atoms with E-state index in [1.807, 2.05) is 13.8 Å². The van der Waals surface area contributed by atoms with E-state index in [9.17, 15) is 19.1 Å². The highest BCUT2D eigenvalue weighted by molar-refractivity contribution is 8.04. The molecule has 1 aliphatic heterocycles. The van der Waals surface area contributed by atoms with Crippen LogP contribution in [0.2, 0.25) is 0 Å². The predicted molar refractivity (Wildman–Crippen MR) is 111 cm³/mol. The van der Waals surface area contributed by atoms with Gasteiger partial charge in [0.1, 0.15) is 11.6 Å². The molecule has 0 radical (unpaired) electrons. The molecule has 152 valence electrons. The van der Waals surface area contributed by atoms with Gasteiger partial charge in [-0.05, 0) is 37.6 Å². The average molecular weight is 415 g/mol. The number of nitrogens with zero attached hydrogens (tertiary/aromatic N) is 1. The monoisotopic (exact) mass is 415 g/mol. The van der Waals surface area contributed by atoms with Gasteiger partial charge in [-0.25, -0.2) is 4.39 Å². The number of aliphatic hydroxyl groups is 1. The first-order valence-corrected chi connectivity index (χ1v) is 10.3. The first-order valence-electron chi connectivity index (χ1n) is 9.27. The number of ether oxygens (including phenoxy) is 1. The third-order valence-corrected chi connectivity index (χ3v) is 5.32. The summed E-state index contributed by atoms with van der Waals surface area (Å²) in [5.41, 5.74) is 1.11. The van der Waals surface area contributed by atoms with E-state index in [1.54, 1.807) is 42.5 Å². The summed E-state index contributed by atoms with van der Waals surface area (Å²) >= 11 is 1.12. The van der Waals surface area contributed by atoms with Crippen LogP contribution in [0.1, 0.15) is 25.0 Å². The summed E-state index contributed by atoms with van der Waals surface area (Å²) in [5, 5.41) is 9.17. The molecule has 0 aromatic heterocycles. The maximum absolute atomic E-state index is 14.1. The van der Waals surface area contributed by atoms with E-state index in [-0.39, 0.29) is 41.1 Å². The number of rotatable bonds is 8. The molecule has 0 saturated heterocycles. The summed E-state index contributed by atoms with van der Waals surface area (Å²) in [6.45, 7) is 3.56. The highest BCUT2D eigenvalue weighted by Crippen LogP contribution is 2.37. The van der Waals surface area contributed by atoms with Gasteiger partial charge in [-0.2, -0.15) is 0 Å². The first-order chi connectivity index (χ1) is 13.9. The molecule has 0 fully saturated rings. The third-order valence-electron chi connectivity index (χ3n) is 4.26. The Balaban J connectivity index is 1.93. The Morgan fingerprint density at radius 1 is 1.07 bits per heavy atom. The van der Waals surface area contributed by atoms with E-state index in [0.29, 0.717) is 11.3 Å². The molecule has 1 N–H and O–H groups in total. The van der Waals surface area contributed by atoms with Crippen molar-refractivity contribution in [3.8, 4) is 5.75 Å². The lowest BCUT2D eigenvalue weighted by Crippen LogP contribution is -2.31. The fraction of sp³-hybridized carbons (Fsp3) is 0.273. The molecule has 3 rings (SSSR count). The number of carbonyl (C=O) groups excluding carboxylic acids is 2. The largest absolute Gasteiger partial charge is 0.491 e. The second-order valence-electron chi connectivity index (χ2n) is 6.76. The van der Waals surface area contributed by atoms with E-state index < -0.39 is 17.6 Å². The highest BCUT2D eigenvalue weighted by Gasteiger charge is 2.39. The van der Waals surface area contributed by atoms with Gasteiger partial charge in [0.15, 0.2) is 0 Å². The molecule has 2 aromatic carbocycles. The quantitative estimate of drug-likeness (QED) is 0.667. The molecular weight excluding hydrogens is 393 g/mol. The fourth-order valence-electron chi connectivity index (χ4n) is 3.00. The zero-order valence-corrected chi connectivity index (χ0v) is 17.0. The van der Waals surface area contributed by atoms with Crippen LogP contribution in [0.4, 0.5) is 4.39 Å². The van der Waals surface area contributed by atoms with Gasteiger partial charge >= 0.3 is 0 Å². The maximum atomic E-state index is 14.1. The molecule has 1 aliphatic rings. The Hall–Kier alpha value is -2.64. The molecule has 2 amide bonds. The van der Waals surface area contributed by atoms with Crippen molar-refractivity contribution < 1.29 is 23.8 Å². The summed E-state index contributed by atoms with van der Waals surface area (Å²) in [6.07, 6.45) is 0.0155. The summed E-state index contributed by atoms with van der Waals surface area (Å²) in [7, 11) is 0. The topological polar surface area (TPSA) is 66.8 Å². The average Bonchev–Trinajstić information content (AvgIpc) is 2.92. The number of imide groups is 1. The van der Waals surface area contributed by atoms with Gasteiger partial charge in [0.25, 0.3) is 11.8 Å². The van der Waals surface area contributed by atoms with E-state index in [0.717, 1.165) is 16.7 Å². The van der Waals surface area contributed by atoms with Crippen molar-refractivity contribution in [3.05, 3.63) is 70.4 Å². The van der Waals surface area contributed by atoms with Crippen molar-refractivity contribution in [2.75, 3.05) is 12.4 Å². The van der Waals surface area contributed by atoms with Crippen LogP contribution in [-0.2, 0) is 16.1 Å². The van der Waals surface area contributed by atoms with Gasteiger partial charge in [-0.15, -0.1) is 11.8 Å². The number of amides is 2. The smallest absolute Gasteiger partial charge is 0.268 e. The van der Waals surface area contributed by atoms with Gasteiger partial charge in [0.2, 0.25) is 0 Å². The molecule has 29 heavy (non-hydrogen) atoms. The molecule has 5 nitrogen and oxygen atoms in total. The van der Waals surface area contributed by atoms with Crippen molar-refractivity contribution in [2.45, 2.75) is 26.5 Å². The molecular formula is C22H22FNO4S. The van der Waals surface area contributed by atoms with Crippen LogP contribution in [0, 0.1) is 5.82 Å². The van der Waals surface area contributed by atoms with Crippen molar-refractivity contribution in [1.29, 1.82) is 0 Å². The molecule has 0 unspecified atom stereocenters. The molecule has 0 aliphatic carbocycles. The summed E-state index contributed by atoms with van der Waals surface area (Å²) in [6, 6.07) is 13.0. The fourth-order valence-corrected chi connectivity index (χ4v) is 3.88. The van der Waals surface area contributed by atoms with Crippen molar-refractivity contribution in [2.24, 2.45) is 0 Å². The first kappa shape index (κ1) is 21.1. The number of hydrogen-bond acceptors (Lipinski definition) is 5. The lowest BCUT2D eigenvalue weighted by molar-refractivity contribution is -0.137. The minimum absolute atomic E-state index is 0.0155. The van der Waals surface area contributed by atoms with Crippen LogP contribution in [0.5, 0.6) is 5.75 Å². The number of hydrogen-bond donors (Lipinski definition) is 1. The Bertz CT molecular complexity index is 940. The minimum atomic E-state index is -0.478. The Labute approximate surface area is 173 Å². The van der Waals surface area contributed by atoms with Gasteiger partial charge in [-0.3, -0.25) is 14.5 Å². The molecule has 0 bridgehead atoms. The van der Waals surface area contributed by atoms with Crippen LogP contribution < -0.4 is 4.74 Å². The standard InChI is InChI=1S/C22H22FNO4S/c1-14(2)28-17-9-7-15(8-10-17)19-20(29-12-11-25)22(27)24(21(19)26)13-16-5-3-4-6-18(16)23/h3-10,14,25H,11-13H2,1-2H3. The summed E-state index contributed by atoms with van der Waals surface area (Å²) < 4.78 is 19.7. The van der Waals surface area contributed by atoms with E-state index >= 15 is 0 Å². The van der Waals surface area contributed by atoms with Gasteiger partial charge in [0, 0.05) is 11.3 Å². The third kappa shape index (κ3) is 4.68. The van der Waals surface area contributed by atoms with Crippen LogP contribution >= 0.6 is 11.8 Å². The zero-order chi connectivity index (χ0) is 21.0. The normalized spacial score (nSPS) is 14.3. The Kier molecular flexibility index (Phi) is 6.71. The molecule has 0 atom stereocenters. The predicted octanol–water partition coefficient (Wildman–Crippen LogP) is 3.62. The summed E-state index contributed by atoms with van der Waals surface area (Å²) in [5.74, 6) is -0.486. The number of carbonyl (C=O) groups is 2. The molecule has 0 saturated carbocycles. The highest BCUT2D eigenvalue weighted by atomic mass is 32.2. The zero-order valence-electron chi connectivity index (χ0n) is 16.2. The summed E-state index contributed by atoms with van der Waals surface area (Å²) in [4.78, 5) is 27.3. The van der Waals surface area contributed by atoms with Gasteiger partial charge in [-0.1, -0.05) is 30.3 Å².